The van der Waals surface area contributed by atoms with Crippen LogP contribution >= 0.6 is 0 Å². The molecular weight excluding hydrogens is 402 g/mol. The third-order valence-corrected chi connectivity index (χ3v) is 5.94. The van der Waals surface area contributed by atoms with Crippen LogP contribution in [0.25, 0.3) is 10.9 Å². The number of pyridine rings is 1. The van der Waals surface area contributed by atoms with Crippen LogP contribution in [-0.2, 0) is 6.54 Å². The predicted molar refractivity (Wildman–Crippen MR) is 126 cm³/mol. The van der Waals surface area contributed by atoms with E-state index in [1.54, 1.807) is 13.2 Å². The summed E-state index contributed by atoms with van der Waals surface area (Å²) in [7, 11) is 1.61. The van der Waals surface area contributed by atoms with E-state index in [2.05, 4.69) is 41.1 Å². The number of fused-ring (bicyclic) bond motifs is 1. The lowest BCUT2D eigenvalue weighted by Gasteiger charge is -2.35. The fraction of sp³-hybridized carbons (Fsp3) is 0.385. The number of carbonyl (C=O) groups is 1. The smallest absolute Gasteiger partial charge is 0.254 e. The van der Waals surface area contributed by atoms with Crippen LogP contribution < -0.4 is 9.47 Å². The summed E-state index contributed by atoms with van der Waals surface area (Å²) in [5.74, 6) is 1.33. The van der Waals surface area contributed by atoms with Gasteiger partial charge in [-0.2, -0.15) is 0 Å². The number of methoxy groups -OCH3 is 1. The standard InChI is InChI=1S/C26H31N3O3/c1-3-4-17-32-23-11-10-21(18-24(23)31-2)26(30)29-15-13-28(14-16-29)19-22-8-5-7-20-9-6-12-27-25(20)22/h5-12,18H,3-4,13-17,19H2,1-2H3. The molecule has 2 aromatic carbocycles. The zero-order chi connectivity index (χ0) is 22.3. The fourth-order valence-electron chi connectivity index (χ4n) is 4.07. The summed E-state index contributed by atoms with van der Waals surface area (Å²) in [5, 5.41) is 1.16. The number of rotatable bonds is 8. The third kappa shape index (κ3) is 5.02. The molecule has 3 aromatic rings. The first kappa shape index (κ1) is 22.1. The summed E-state index contributed by atoms with van der Waals surface area (Å²) >= 11 is 0. The minimum absolute atomic E-state index is 0.0369. The third-order valence-electron chi connectivity index (χ3n) is 5.94. The molecule has 4 rings (SSSR count). The van der Waals surface area contributed by atoms with Gasteiger partial charge in [-0.1, -0.05) is 37.6 Å². The number of aromatic nitrogens is 1. The fourth-order valence-corrected chi connectivity index (χ4v) is 4.07. The monoisotopic (exact) mass is 433 g/mol. The van der Waals surface area contributed by atoms with Crippen molar-refractivity contribution in [3.63, 3.8) is 0 Å². The number of amides is 1. The van der Waals surface area contributed by atoms with E-state index in [0.29, 0.717) is 36.8 Å². The van der Waals surface area contributed by atoms with E-state index in [1.807, 2.05) is 29.3 Å². The molecule has 0 bridgehead atoms. The van der Waals surface area contributed by atoms with Crippen LogP contribution in [-0.4, -0.2) is 60.6 Å². The Labute approximate surface area is 189 Å². The number of unbranched alkanes of at least 4 members (excludes halogenated alkanes) is 1. The van der Waals surface area contributed by atoms with Crippen molar-refractivity contribution < 1.29 is 14.3 Å². The Morgan fingerprint density at radius 1 is 1.03 bits per heavy atom. The molecule has 1 aliphatic rings. The van der Waals surface area contributed by atoms with Crippen LogP contribution in [0.1, 0.15) is 35.7 Å². The van der Waals surface area contributed by atoms with E-state index < -0.39 is 0 Å². The number of nitrogens with zero attached hydrogens (tertiary/aromatic N) is 3. The van der Waals surface area contributed by atoms with Crippen molar-refractivity contribution in [1.82, 2.24) is 14.8 Å². The van der Waals surface area contributed by atoms with E-state index in [0.717, 1.165) is 43.4 Å². The van der Waals surface area contributed by atoms with Gasteiger partial charge in [-0.05, 0) is 36.2 Å². The van der Waals surface area contributed by atoms with Gasteiger partial charge in [0.05, 0.1) is 19.2 Å². The van der Waals surface area contributed by atoms with Crippen molar-refractivity contribution in [3.05, 3.63) is 65.9 Å². The van der Waals surface area contributed by atoms with Crippen LogP contribution in [0, 0.1) is 0 Å². The summed E-state index contributed by atoms with van der Waals surface area (Å²) in [6, 6.07) is 15.8. The van der Waals surface area contributed by atoms with E-state index in [1.165, 1.54) is 5.56 Å². The number of piperazine rings is 1. The molecule has 168 valence electrons. The summed E-state index contributed by atoms with van der Waals surface area (Å²) in [5.41, 5.74) is 2.92. The molecule has 1 amide bonds. The maximum absolute atomic E-state index is 13.1. The molecule has 6 heteroatoms. The molecular formula is C26H31N3O3. The van der Waals surface area contributed by atoms with Gasteiger partial charge in [0.25, 0.3) is 5.91 Å². The SMILES string of the molecule is CCCCOc1ccc(C(=O)N2CCN(Cc3cccc4cccnc34)CC2)cc1OC. The molecule has 2 heterocycles. The first-order valence-electron chi connectivity index (χ1n) is 11.3. The van der Waals surface area contributed by atoms with Gasteiger partial charge in [-0.25, -0.2) is 0 Å². The number of hydrogen-bond donors (Lipinski definition) is 0. The van der Waals surface area contributed by atoms with Crippen LogP contribution in [0.2, 0.25) is 0 Å². The molecule has 0 saturated carbocycles. The lowest BCUT2D eigenvalue weighted by molar-refractivity contribution is 0.0628. The van der Waals surface area contributed by atoms with Crippen molar-refractivity contribution in [2.75, 3.05) is 39.9 Å². The van der Waals surface area contributed by atoms with E-state index in [9.17, 15) is 4.79 Å². The maximum Gasteiger partial charge on any atom is 0.254 e. The molecule has 0 unspecified atom stereocenters. The van der Waals surface area contributed by atoms with Crippen LogP contribution in [0.5, 0.6) is 11.5 Å². The van der Waals surface area contributed by atoms with Gasteiger partial charge in [0, 0.05) is 49.9 Å². The van der Waals surface area contributed by atoms with Gasteiger partial charge < -0.3 is 14.4 Å². The number of benzene rings is 2. The van der Waals surface area contributed by atoms with Gasteiger partial charge >= 0.3 is 0 Å². The number of para-hydroxylation sites is 1. The molecule has 1 saturated heterocycles. The van der Waals surface area contributed by atoms with Gasteiger partial charge in [0.2, 0.25) is 0 Å². The molecule has 32 heavy (non-hydrogen) atoms. The average molecular weight is 434 g/mol. The van der Waals surface area contributed by atoms with Crippen molar-refractivity contribution >= 4 is 16.8 Å². The number of ether oxygens (including phenoxy) is 2. The molecule has 6 nitrogen and oxygen atoms in total. The highest BCUT2D eigenvalue weighted by atomic mass is 16.5. The van der Waals surface area contributed by atoms with E-state index >= 15 is 0 Å². The predicted octanol–water partition coefficient (Wildman–Crippen LogP) is 4.38. The van der Waals surface area contributed by atoms with Crippen molar-refractivity contribution in [2.24, 2.45) is 0 Å². The number of hydrogen-bond acceptors (Lipinski definition) is 5. The lowest BCUT2D eigenvalue weighted by atomic mass is 10.1. The second kappa shape index (κ2) is 10.5. The Morgan fingerprint density at radius 3 is 2.62 bits per heavy atom. The summed E-state index contributed by atoms with van der Waals surface area (Å²) in [6.45, 7) is 6.69. The Morgan fingerprint density at radius 2 is 1.84 bits per heavy atom. The second-order valence-corrected chi connectivity index (χ2v) is 8.13. The van der Waals surface area contributed by atoms with Gasteiger partial charge in [0.15, 0.2) is 11.5 Å². The molecule has 1 aliphatic heterocycles. The Hall–Kier alpha value is -3.12. The second-order valence-electron chi connectivity index (χ2n) is 8.13. The summed E-state index contributed by atoms with van der Waals surface area (Å²) in [4.78, 5) is 22.0. The van der Waals surface area contributed by atoms with E-state index in [-0.39, 0.29) is 5.91 Å². The first-order chi connectivity index (χ1) is 15.7. The van der Waals surface area contributed by atoms with Crippen molar-refractivity contribution in [1.29, 1.82) is 0 Å². The topological polar surface area (TPSA) is 54.9 Å². The van der Waals surface area contributed by atoms with Crippen LogP contribution in [0.4, 0.5) is 0 Å². The zero-order valence-electron chi connectivity index (χ0n) is 18.9. The van der Waals surface area contributed by atoms with Gasteiger partial charge in [0.1, 0.15) is 0 Å². The highest BCUT2D eigenvalue weighted by molar-refractivity contribution is 5.95. The van der Waals surface area contributed by atoms with Crippen LogP contribution in [0.15, 0.2) is 54.7 Å². The molecule has 1 fully saturated rings. The Bertz CT molecular complexity index is 1060. The average Bonchev–Trinajstić information content (AvgIpc) is 2.84. The summed E-state index contributed by atoms with van der Waals surface area (Å²) < 4.78 is 11.3. The first-order valence-corrected chi connectivity index (χ1v) is 11.3. The van der Waals surface area contributed by atoms with Gasteiger partial charge in [-0.3, -0.25) is 14.7 Å². The van der Waals surface area contributed by atoms with Crippen molar-refractivity contribution in [2.45, 2.75) is 26.3 Å². The summed E-state index contributed by atoms with van der Waals surface area (Å²) in [6.07, 6.45) is 3.90. The molecule has 0 N–H and O–H groups in total. The molecule has 0 radical (unpaired) electrons. The highest BCUT2D eigenvalue weighted by Gasteiger charge is 2.23. The lowest BCUT2D eigenvalue weighted by Crippen LogP contribution is -2.48. The highest BCUT2D eigenvalue weighted by Crippen LogP contribution is 2.29. The van der Waals surface area contributed by atoms with E-state index in [4.69, 9.17) is 9.47 Å². The molecule has 0 aliphatic carbocycles. The van der Waals surface area contributed by atoms with Crippen molar-refractivity contribution in [3.8, 4) is 11.5 Å². The van der Waals surface area contributed by atoms with Gasteiger partial charge in [-0.15, -0.1) is 0 Å². The molecule has 0 atom stereocenters. The number of carbonyl (C=O) groups excluding carboxylic acids is 1. The molecule has 1 aromatic heterocycles. The minimum Gasteiger partial charge on any atom is -0.493 e. The Kier molecular flexibility index (Phi) is 7.22. The van der Waals surface area contributed by atoms with Crippen LogP contribution in [0.3, 0.4) is 0 Å². The zero-order valence-corrected chi connectivity index (χ0v) is 18.9. The maximum atomic E-state index is 13.1. The quantitative estimate of drug-likeness (QED) is 0.494. The molecule has 0 spiro atoms. The minimum atomic E-state index is 0.0369. The largest absolute Gasteiger partial charge is 0.493 e. The normalized spacial score (nSPS) is 14.5. The Balaban J connectivity index is 1.37.